The minimum atomic E-state index is -3.36. The normalized spacial score (nSPS) is 11.7. The Kier molecular flexibility index (Phi) is 3.28. The molecule has 0 spiro atoms. The van der Waals surface area contributed by atoms with E-state index in [0.29, 0.717) is 0 Å². The Hall–Kier alpha value is -0.880. The van der Waals surface area contributed by atoms with Gasteiger partial charge in [0.2, 0.25) is 10.0 Å². The molecule has 0 unspecified atom stereocenters. The molecular formula is C7H10ClN3O2S. The van der Waals surface area contributed by atoms with Gasteiger partial charge in [0.15, 0.2) is 11.0 Å². The number of rotatable bonds is 3. The van der Waals surface area contributed by atoms with E-state index < -0.39 is 15.3 Å². The monoisotopic (exact) mass is 235 g/mol. The van der Waals surface area contributed by atoms with E-state index in [9.17, 15) is 8.42 Å². The first-order valence-corrected chi connectivity index (χ1v) is 5.85. The smallest absolute Gasteiger partial charge is 0.236 e. The maximum Gasteiger partial charge on any atom is 0.236 e. The zero-order valence-corrected chi connectivity index (χ0v) is 9.30. The average Bonchev–Trinajstić information content (AvgIpc) is 2.08. The molecule has 1 aromatic heterocycles. The molecule has 78 valence electrons. The Labute approximate surface area is 87.5 Å². The van der Waals surface area contributed by atoms with Gasteiger partial charge in [-0.1, -0.05) is 11.6 Å². The second kappa shape index (κ2) is 4.10. The lowest BCUT2D eigenvalue weighted by molar-refractivity contribution is 0.592. The van der Waals surface area contributed by atoms with Crippen molar-refractivity contribution in [3.8, 4) is 0 Å². The van der Waals surface area contributed by atoms with Crippen molar-refractivity contribution in [1.82, 2.24) is 10.2 Å². The average molecular weight is 236 g/mol. The largest absolute Gasteiger partial charge is 0.266 e. The van der Waals surface area contributed by atoms with Crippen molar-refractivity contribution in [3.63, 3.8) is 0 Å². The summed E-state index contributed by atoms with van der Waals surface area (Å²) in [5.41, 5.74) is 0. The molecule has 1 aromatic rings. The molecule has 0 bridgehead atoms. The topological polar surface area (TPSA) is 72.0 Å². The van der Waals surface area contributed by atoms with Crippen LogP contribution in [-0.2, 0) is 10.0 Å². The first kappa shape index (κ1) is 11.2. The Bertz CT molecular complexity index is 401. The van der Waals surface area contributed by atoms with Crippen LogP contribution in [0.3, 0.4) is 0 Å². The number of nitrogens with one attached hydrogen (secondary N) is 1. The fourth-order valence-electron chi connectivity index (χ4n) is 0.634. The summed E-state index contributed by atoms with van der Waals surface area (Å²) in [6, 6.07) is 2.92. The number of aromatic nitrogens is 2. The van der Waals surface area contributed by atoms with Crippen LogP contribution in [0.25, 0.3) is 0 Å². The van der Waals surface area contributed by atoms with Crippen molar-refractivity contribution in [1.29, 1.82) is 0 Å². The van der Waals surface area contributed by atoms with Crippen molar-refractivity contribution in [2.45, 2.75) is 19.1 Å². The van der Waals surface area contributed by atoms with Crippen LogP contribution in [0.4, 0.5) is 5.82 Å². The predicted octanol–water partition coefficient (Wildman–Crippen LogP) is 1.28. The zero-order valence-electron chi connectivity index (χ0n) is 7.73. The molecule has 0 aliphatic rings. The minimum Gasteiger partial charge on any atom is -0.266 e. The Morgan fingerprint density at radius 1 is 1.36 bits per heavy atom. The highest BCUT2D eigenvalue weighted by Crippen LogP contribution is 2.09. The summed E-state index contributed by atoms with van der Waals surface area (Å²) in [5, 5.41) is 6.79. The van der Waals surface area contributed by atoms with Gasteiger partial charge >= 0.3 is 0 Å². The van der Waals surface area contributed by atoms with Crippen molar-refractivity contribution >= 4 is 27.4 Å². The molecule has 1 heterocycles. The number of anilines is 1. The molecule has 14 heavy (non-hydrogen) atoms. The van der Waals surface area contributed by atoms with Crippen LogP contribution < -0.4 is 4.72 Å². The van der Waals surface area contributed by atoms with E-state index in [0.717, 1.165) is 0 Å². The van der Waals surface area contributed by atoms with Crippen LogP contribution in [0.1, 0.15) is 13.8 Å². The minimum absolute atomic E-state index is 0.170. The van der Waals surface area contributed by atoms with Crippen molar-refractivity contribution in [2.24, 2.45) is 0 Å². The lowest BCUT2D eigenvalue weighted by atomic mass is 10.5. The second-order valence-electron chi connectivity index (χ2n) is 2.94. The van der Waals surface area contributed by atoms with E-state index in [-0.39, 0.29) is 11.0 Å². The van der Waals surface area contributed by atoms with E-state index in [2.05, 4.69) is 14.9 Å². The molecule has 0 saturated carbocycles. The molecule has 5 nitrogen and oxygen atoms in total. The highest BCUT2D eigenvalue weighted by atomic mass is 35.5. The number of hydrogen-bond acceptors (Lipinski definition) is 4. The SMILES string of the molecule is CC(C)S(=O)(=O)Nc1ccc(Cl)nn1. The van der Waals surface area contributed by atoms with Crippen LogP contribution in [0.2, 0.25) is 5.15 Å². The fraction of sp³-hybridized carbons (Fsp3) is 0.429. The first-order chi connectivity index (χ1) is 6.42. The fourth-order valence-corrected chi connectivity index (χ4v) is 1.37. The summed E-state index contributed by atoms with van der Waals surface area (Å²) >= 11 is 5.49. The van der Waals surface area contributed by atoms with Gasteiger partial charge < -0.3 is 0 Å². The number of nitrogens with zero attached hydrogens (tertiary/aromatic N) is 2. The van der Waals surface area contributed by atoms with Gasteiger partial charge in [0.05, 0.1) is 5.25 Å². The van der Waals surface area contributed by atoms with Gasteiger partial charge in [0, 0.05) is 0 Å². The third-order valence-electron chi connectivity index (χ3n) is 1.50. The van der Waals surface area contributed by atoms with Crippen LogP contribution in [-0.4, -0.2) is 23.9 Å². The third kappa shape index (κ3) is 2.81. The Balaban J connectivity index is 2.85. The molecule has 0 aliphatic carbocycles. The van der Waals surface area contributed by atoms with Crippen LogP contribution in [0.5, 0.6) is 0 Å². The molecule has 7 heteroatoms. The number of halogens is 1. The van der Waals surface area contributed by atoms with Crippen molar-refractivity contribution < 1.29 is 8.42 Å². The van der Waals surface area contributed by atoms with Crippen molar-refractivity contribution in [2.75, 3.05) is 4.72 Å². The quantitative estimate of drug-likeness (QED) is 0.857. The molecular weight excluding hydrogens is 226 g/mol. The lowest BCUT2D eigenvalue weighted by Crippen LogP contribution is -2.23. The van der Waals surface area contributed by atoms with Crippen LogP contribution in [0, 0.1) is 0 Å². The molecule has 0 fully saturated rings. The zero-order chi connectivity index (χ0) is 10.8. The van der Waals surface area contributed by atoms with E-state index in [4.69, 9.17) is 11.6 Å². The molecule has 1 N–H and O–H groups in total. The van der Waals surface area contributed by atoms with E-state index in [1.54, 1.807) is 13.8 Å². The summed E-state index contributed by atoms with van der Waals surface area (Å²) in [7, 11) is -3.36. The van der Waals surface area contributed by atoms with E-state index in [1.165, 1.54) is 12.1 Å². The number of sulfonamides is 1. The molecule has 0 radical (unpaired) electrons. The summed E-state index contributed by atoms with van der Waals surface area (Å²) in [6.45, 7) is 3.15. The third-order valence-corrected chi connectivity index (χ3v) is 3.44. The van der Waals surface area contributed by atoms with Gasteiger partial charge in [-0.25, -0.2) is 8.42 Å². The lowest BCUT2D eigenvalue weighted by Gasteiger charge is -2.08. The molecule has 0 aliphatic heterocycles. The molecule has 0 atom stereocenters. The number of hydrogen-bond donors (Lipinski definition) is 1. The van der Waals surface area contributed by atoms with Crippen LogP contribution in [0.15, 0.2) is 12.1 Å². The highest BCUT2D eigenvalue weighted by Gasteiger charge is 2.15. The van der Waals surface area contributed by atoms with Gasteiger partial charge in [-0.15, -0.1) is 10.2 Å². The van der Waals surface area contributed by atoms with Gasteiger partial charge in [-0.3, -0.25) is 4.72 Å². The highest BCUT2D eigenvalue weighted by molar-refractivity contribution is 7.93. The first-order valence-electron chi connectivity index (χ1n) is 3.92. The summed E-state index contributed by atoms with van der Waals surface area (Å²) in [4.78, 5) is 0. The maximum absolute atomic E-state index is 11.4. The molecule has 1 rings (SSSR count). The Morgan fingerprint density at radius 3 is 2.43 bits per heavy atom. The van der Waals surface area contributed by atoms with E-state index in [1.807, 2.05) is 0 Å². The summed E-state index contributed by atoms with van der Waals surface area (Å²) in [5.74, 6) is 0.170. The molecule has 0 aromatic carbocycles. The Morgan fingerprint density at radius 2 is 2.00 bits per heavy atom. The van der Waals surface area contributed by atoms with Gasteiger partial charge in [0.1, 0.15) is 0 Å². The standard InChI is InChI=1S/C7H10ClN3O2S/c1-5(2)14(12,13)11-7-4-3-6(8)9-10-7/h3-5H,1-2H3,(H,10,11). The summed E-state index contributed by atoms with van der Waals surface area (Å²) < 4.78 is 25.0. The molecule has 0 saturated heterocycles. The van der Waals surface area contributed by atoms with E-state index >= 15 is 0 Å². The predicted molar refractivity (Wildman–Crippen MR) is 54.7 cm³/mol. The van der Waals surface area contributed by atoms with Gasteiger partial charge in [0.25, 0.3) is 0 Å². The molecule has 0 amide bonds. The van der Waals surface area contributed by atoms with Gasteiger partial charge in [-0.2, -0.15) is 0 Å². The van der Waals surface area contributed by atoms with Crippen molar-refractivity contribution in [3.05, 3.63) is 17.3 Å². The second-order valence-corrected chi connectivity index (χ2v) is 5.56. The van der Waals surface area contributed by atoms with Crippen LogP contribution >= 0.6 is 11.6 Å². The maximum atomic E-state index is 11.4. The van der Waals surface area contributed by atoms with Gasteiger partial charge in [-0.05, 0) is 26.0 Å². The summed E-state index contributed by atoms with van der Waals surface area (Å²) in [6.07, 6.45) is 0.